The van der Waals surface area contributed by atoms with Gasteiger partial charge in [0.25, 0.3) is 0 Å². The third kappa shape index (κ3) is 5.33. The van der Waals surface area contributed by atoms with Gasteiger partial charge < -0.3 is 14.1 Å². The Balaban J connectivity index is 1.08. The zero-order valence-electron chi connectivity index (χ0n) is 31.9. The van der Waals surface area contributed by atoms with Crippen LogP contribution in [-0.2, 0) is 0 Å². The predicted molar refractivity (Wildman–Crippen MR) is 243 cm³/mol. The maximum absolute atomic E-state index is 7.00. The standard InChI is InChI=1S/C54H35N3O2/c1-4-15-36(16-5-1)38-27-30-44-45-31-28-42(35-52(45)58-51(44)33-38)55(47-26-14-18-37-17-10-11-23-43(37)47)41-29-32-50-49(34-41)57(40-21-8-3-9-22-40)54-53(59-50)46-24-12-13-25-48(46)56(54)39-19-6-2-7-20-39/h1-35H. The lowest BCUT2D eigenvalue weighted by Crippen LogP contribution is -2.19. The average molecular weight is 758 g/mol. The van der Waals surface area contributed by atoms with Crippen LogP contribution in [0, 0.1) is 0 Å². The van der Waals surface area contributed by atoms with Crippen LogP contribution in [0.4, 0.5) is 34.3 Å². The second-order valence-electron chi connectivity index (χ2n) is 15.0. The van der Waals surface area contributed by atoms with Crippen molar-refractivity contribution in [2.24, 2.45) is 0 Å². The van der Waals surface area contributed by atoms with E-state index in [4.69, 9.17) is 9.15 Å². The first-order valence-corrected chi connectivity index (χ1v) is 19.9. The van der Waals surface area contributed by atoms with Gasteiger partial charge in [0, 0.05) is 50.4 Å². The lowest BCUT2D eigenvalue weighted by molar-refractivity contribution is 0.481. The van der Waals surface area contributed by atoms with Crippen molar-refractivity contribution in [2.45, 2.75) is 0 Å². The van der Waals surface area contributed by atoms with Gasteiger partial charge in [-0.1, -0.05) is 121 Å². The zero-order valence-corrected chi connectivity index (χ0v) is 31.9. The summed E-state index contributed by atoms with van der Waals surface area (Å²) in [5.74, 6) is 2.55. The van der Waals surface area contributed by atoms with Crippen molar-refractivity contribution in [1.29, 1.82) is 0 Å². The summed E-state index contributed by atoms with van der Waals surface area (Å²) in [7, 11) is 0. The van der Waals surface area contributed by atoms with Crippen LogP contribution < -0.4 is 14.5 Å². The van der Waals surface area contributed by atoms with E-state index in [9.17, 15) is 0 Å². The van der Waals surface area contributed by atoms with E-state index in [1.807, 2.05) is 6.07 Å². The molecule has 0 atom stereocenters. The van der Waals surface area contributed by atoms with Crippen LogP contribution in [0.3, 0.4) is 0 Å². The van der Waals surface area contributed by atoms with E-state index in [0.717, 1.165) is 106 Å². The second kappa shape index (κ2) is 13.3. The molecule has 0 aliphatic carbocycles. The molecule has 2 aromatic heterocycles. The minimum atomic E-state index is 0.779. The van der Waals surface area contributed by atoms with Gasteiger partial charge >= 0.3 is 0 Å². The van der Waals surface area contributed by atoms with Crippen molar-refractivity contribution >= 4 is 77.9 Å². The summed E-state index contributed by atoms with van der Waals surface area (Å²) in [6, 6.07) is 74.8. The number of furan rings is 1. The smallest absolute Gasteiger partial charge is 0.178 e. The molecule has 3 heterocycles. The Kier molecular flexibility index (Phi) is 7.47. The van der Waals surface area contributed by atoms with Crippen molar-refractivity contribution in [3.63, 3.8) is 0 Å². The summed E-state index contributed by atoms with van der Waals surface area (Å²) in [4.78, 5) is 4.69. The Bertz CT molecular complexity index is 3370. The maximum atomic E-state index is 7.00. The fourth-order valence-corrected chi connectivity index (χ4v) is 8.85. The van der Waals surface area contributed by atoms with Gasteiger partial charge in [0.05, 0.1) is 16.9 Å². The van der Waals surface area contributed by atoms with Gasteiger partial charge in [0.15, 0.2) is 17.3 Å². The van der Waals surface area contributed by atoms with Gasteiger partial charge in [-0.2, -0.15) is 0 Å². The van der Waals surface area contributed by atoms with Crippen LogP contribution in [0.1, 0.15) is 0 Å². The summed E-state index contributed by atoms with van der Waals surface area (Å²) in [6.07, 6.45) is 0. The third-order valence-corrected chi connectivity index (χ3v) is 11.5. The minimum Gasteiger partial charge on any atom is -0.456 e. The van der Waals surface area contributed by atoms with Crippen molar-refractivity contribution in [3.8, 4) is 28.3 Å². The number of nitrogens with zero attached hydrogens (tertiary/aromatic N) is 3. The molecule has 0 amide bonds. The van der Waals surface area contributed by atoms with E-state index in [-0.39, 0.29) is 0 Å². The van der Waals surface area contributed by atoms with Crippen molar-refractivity contribution in [3.05, 3.63) is 212 Å². The molecule has 59 heavy (non-hydrogen) atoms. The van der Waals surface area contributed by atoms with E-state index >= 15 is 0 Å². The fraction of sp³-hybridized carbons (Fsp3) is 0. The van der Waals surface area contributed by atoms with Crippen molar-refractivity contribution in [1.82, 2.24) is 4.57 Å². The third-order valence-electron chi connectivity index (χ3n) is 11.5. The molecule has 0 N–H and O–H groups in total. The number of hydrogen-bond acceptors (Lipinski definition) is 4. The minimum absolute atomic E-state index is 0.779. The number of ether oxygens (including phenoxy) is 1. The van der Waals surface area contributed by atoms with Crippen LogP contribution in [0.2, 0.25) is 0 Å². The number of hydrogen-bond donors (Lipinski definition) is 0. The van der Waals surface area contributed by atoms with E-state index in [0.29, 0.717) is 0 Å². The van der Waals surface area contributed by atoms with Gasteiger partial charge in [-0.15, -0.1) is 0 Å². The van der Waals surface area contributed by atoms with E-state index in [1.54, 1.807) is 0 Å². The highest BCUT2D eigenvalue weighted by Gasteiger charge is 2.34. The first kappa shape index (κ1) is 33.2. The molecule has 9 aromatic carbocycles. The topological polar surface area (TPSA) is 33.8 Å². The van der Waals surface area contributed by atoms with E-state index in [1.165, 1.54) is 0 Å². The van der Waals surface area contributed by atoms with Gasteiger partial charge in [0.2, 0.25) is 0 Å². The summed E-state index contributed by atoms with van der Waals surface area (Å²) in [6.45, 7) is 0. The highest BCUT2D eigenvalue weighted by Crippen LogP contribution is 2.56. The Morgan fingerprint density at radius 3 is 1.86 bits per heavy atom. The summed E-state index contributed by atoms with van der Waals surface area (Å²) < 4.78 is 16.0. The molecule has 5 nitrogen and oxygen atoms in total. The Labute approximate surface area is 340 Å². The van der Waals surface area contributed by atoms with E-state index < -0.39 is 0 Å². The van der Waals surface area contributed by atoms with Crippen LogP contribution in [0.25, 0.3) is 60.4 Å². The molecule has 0 saturated carbocycles. The summed E-state index contributed by atoms with van der Waals surface area (Å²) in [5.41, 5.74) is 11.1. The molecule has 0 saturated heterocycles. The second-order valence-corrected chi connectivity index (χ2v) is 15.0. The molecule has 0 spiro atoms. The maximum Gasteiger partial charge on any atom is 0.178 e. The predicted octanol–water partition coefficient (Wildman–Crippen LogP) is 15.4. The Morgan fingerprint density at radius 2 is 1.05 bits per heavy atom. The molecule has 1 aliphatic heterocycles. The van der Waals surface area contributed by atoms with Crippen molar-refractivity contribution in [2.75, 3.05) is 9.80 Å². The largest absolute Gasteiger partial charge is 0.456 e. The van der Waals surface area contributed by atoms with E-state index in [2.05, 4.69) is 221 Å². The molecule has 12 rings (SSSR count). The fourth-order valence-electron chi connectivity index (χ4n) is 8.85. The average Bonchev–Trinajstić information content (AvgIpc) is 3.84. The Morgan fingerprint density at radius 1 is 0.424 bits per heavy atom. The number of benzene rings is 9. The van der Waals surface area contributed by atoms with Gasteiger partial charge in [-0.25, -0.2) is 0 Å². The quantitative estimate of drug-likeness (QED) is 0.169. The molecule has 0 radical (unpaired) electrons. The van der Waals surface area contributed by atoms with Gasteiger partial charge in [-0.05, 0) is 101 Å². The number of fused-ring (bicyclic) bond motifs is 8. The molecule has 0 fully saturated rings. The number of rotatable bonds is 6. The number of anilines is 6. The first-order chi connectivity index (χ1) is 29.3. The monoisotopic (exact) mass is 757 g/mol. The highest BCUT2D eigenvalue weighted by molar-refractivity contribution is 6.08. The molecule has 1 aliphatic rings. The van der Waals surface area contributed by atoms with Gasteiger partial charge in [-0.3, -0.25) is 9.47 Å². The molecule has 5 heteroatoms. The molecule has 278 valence electrons. The summed E-state index contributed by atoms with van der Waals surface area (Å²) in [5, 5.41) is 5.54. The number of para-hydroxylation sites is 3. The summed E-state index contributed by atoms with van der Waals surface area (Å²) >= 11 is 0. The number of aromatic nitrogens is 1. The van der Waals surface area contributed by atoms with Gasteiger partial charge in [0.1, 0.15) is 11.2 Å². The normalized spacial score (nSPS) is 12.2. The van der Waals surface area contributed by atoms with Crippen LogP contribution in [-0.4, -0.2) is 4.57 Å². The first-order valence-electron chi connectivity index (χ1n) is 19.9. The van der Waals surface area contributed by atoms with Crippen LogP contribution in [0.5, 0.6) is 11.5 Å². The SMILES string of the molecule is c1ccc(-c2ccc3c(c2)oc2cc(N(c4ccc5c(c4)N(c4ccccc4)c4c(c6ccccc6n4-c4ccccc4)O5)c4cccc5ccccc45)ccc23)cc1. The van der Waals surface area contributed by atoms with Crippen LogP contribution in [0.15, 0.2) is 217 Å². The molecule has 11 aromatic rings. The van der Waals surface area contributed by atoms with Crippen LogP contribution >= 0.6 is 0 Å². The lowest BCUT2D eigenvalue weighted by atomic mass is 10.0. The molecule has 0 bridgehead atoms. The molecule has 0 unspecified atom stereocenters. The zero-order chi connectivity index (χ0) is 38.9. The molecular formula is C54H35N3O2. The Hall–Kier alpha value is -8.02. The van der Waals surface area contributed by atoms with Crippen molar-refractivity contribution < 1.29 is 9.15 Å². The molecular weight excluding hydrogens is 723 g/mol. The lowest BCUT2D eigenvalue weighted by Gasteiger charge is -2.34. The highest BCUT2D eigenvalue weighted by atomic mass is 16.5.